The van der Waals surface area contributed by atoms with Gasteiger partial charge in [-0.05, 0) is 32.5 Å². The van der Waals surface area contributed by atoms with Crippen LogP contribution in [-0.2, 0) is 4.79 Å². The highest BCUT2D eigenvalue weighted by Gasteiger charge is 2.16. The van der Waals surface area contributed by atoms with Gasteiger partial charge in [0.1, 0.15) is 11.8 Å². The third-order valence-electron chi connectivity index (χ3n) is 3.29. The molecule has 0 fully saturated rings. The molecule has 0 aromatic heterocycles. The zero-order chi connectivity index (χ0) is 14.5. The first-order valence-electron chi connectivity index (χ1n) is 6.53. The number of halogens is 1. The van der Waals surface area contributed by atoms with Gasteiger partial charge in [-0.15, -0.1) is 12.4 Å². The van der Waals surface area contributed by atoms with Crippen molar-refractivity contribution in [1.82, 2.24) is 4.90 Å². The Morgan fingerprint density at radius 3 is 2.86 bits per heavy atom. The summed E-state index contributed by atoms with van der Waals surface area (Å²) in [5, 5.41) is 8.88. The van der Waals surface area contributed by atoms with Crippen LogP contribution in [0.2, 0.25) is 0 Å². The largest absolute Gasteiger partial charge is 0.493 e. The van der Waals surface area contributed by atoms with E-state index in [-0.39, 0.29) is 19.2 Å². The minimum absolute atomic E-state index is 0. The van der Waals surface area contributed by atoms with Crippen LogP contribution in [0.5, 0.6) is 17.2 Å². The average Bonchev–Trinajstić information content (AvgIpc) is 2.89. The van der Waals surface area contributed by atoms with Crippen molar-refractivity contribution < 1.29 is 24.1 Å². The van der Waals surface area contributed by atoms with Crippen molar-refractivity contribution in [3.05, 3.63) is 18.2 Å². The molecule has 0 bridgehead atoms. The fourth-order valence-corrected chi connectivity index (χ4v) is 1.85. The number of carbonyl (C=O) groups is 1. The van der Waals surface area contributed by atoms with Gasteiger partial charge in [0, 0.05) is 12.6 Å². The number of nitrogens with zero attached hydrogens (tertiary/aromatic N) is 1. The van der Waals surface area contributed by atoms with Crippen LogP contribution >= 0.6 is 12.4 Å². The number of hydrogen-bond acceptors (Lipinski definition) is 5. The summed E-state index contributed by atoms with van der Waals surface area (Å²) in [5.74, 6) is 1.33. The molecule has 0 radical (unpaired) electrons. The van der Waals surface area contributed by atoms with Gasteiger partial charge in [-0.1, -0.05) is 0 Å². The molecule has 21 heavy (non-hydrogen) atoms. The van der Waals surface area contributed by atoms with Crippen molar-refractivity contribution in [3.63, 3.8) is 0 Å². The Hall–Kier alpha value is -1.66. The number of likely N-dealkylation sites (N-methyl/N-ethyl adjacent to an activating group) is 1. The highest BCUT2D eigenvalue weighted by molar-refractivity contribution is 5.85. The Bertz CT molecular complexity index is 482. The number of benzene rings is 1. The number of fused-ring (bicyclic) bond motifs is 1. The van der Waals surface area contributed by atoms with Crippen LogP contribution in [0.25, 0.3) is 0 Å². The van der Waals surface area contributed by atoms with E-state index < -0.39 is 12.0 Å². The second-order valence-electron chi connectivity index (χ2n) is 4.71. The van der Waals surface area contributed by atoms with Gasteiger partial charge in [0.25, 0.3) is 0 Å². The number of carboxylic acid groups (broad SMARTS) is 1. The second-order valence-corrected chi connectivity index (χ2v) is 4.71. The summed E-state index contributed by atoms with van der Waals surface area (Å²) in [6.45, 7) is 3.10. The summed E-state index contributed by atoms with van der Waals surface area (Å²) >= 11 is 0. The average molecular weight is 318 g/mol. The highest BCUT2D eigenvalue weighted by Crippen LogP contribution is 2.35. The third-order valence-corrected chi connectivity index (χ3v) is 3.29. The molecule has 1 aromatic carbocycles. The highest BCUT2D eigenvalue weighted by atomic mass is 35.5. The molecule has 1 N–H and O–H groups in total. The zero-order valence-corrected chi connectivity index (χ0v) is 12.9. The normalized spacial score (nSPS) is 13.7. The van der Waals surface area contributed by atoms with Gasteiger partial charge < -0.3 is 19.3 Å². The fraction of sp³-hybridized carbons (Fsp3) is 0.500. The summed E-state index contributed by atoms with van der Waals surface area (Å²) in [5.41, 5.74) is 0. The molecular weight excluding hydrogens is 298 g/mol. The van der Waals surface area contributed by atoms with E-state index in [1.165, 1.54) is 0 Å². The van der Waals surface area contributed by atoms with Gasteiger partial charge in [0.15, 0.2) is 11.5 Å². The van der Waals surface area contributed by atoms with Crippen LogP contribution < -0.4 is 14.2 Å². The first-order chi connectivity index (χ1) is 9.58. The maximum Gasteiger partial charge on any atom is 0.320 e. The Balaban J connectivity index is 0.00000220. The van der Waals surface area contributed by atoms with E-state index in [1.54, 1.807) is 24.9 Å². The first-order valence-corrected chi connectivity index (χ1v) is 6.53. The topological polar surface area (TPSA) is 68.2 Å². The summed E-state index contributed by atoms with van der Waals surface area (Å²) < 4.78 is 16.1. The molecule has 7 heteroatoms. The minimum Gasteiger partial charge on any atom is -0.493 e. The van der Waals surface area contributed by atoms with Crippen LogP contribution in [0.1, 0.15) is 13.3 Å². The van der Waals surface area contributed by atoms with Gasteiger partial charge in [0.05, 0.1) is 6.61 Å². The Kier molecular flexibility index (Phi) is 6.58. The van der Waals surface area contributed by atoms with Crippen molar-refractivity contribution in [2.45, 2.75) is 19.4 Å². The number of aliphatic carboxylic acids is 1. The lowest BCUT2D eigenvalue weighted by Crippen LogP contribution is -2.36. The molecule has 0 amide bonds. The molecule has 0 saturated carbocycles. The molecular formula is C14H20ClNO5. The van der Waals surface area contributed by atoms with E-state index >= 15 is 0 Å². The van der Waals surface area contributed by atoms with E-state index in [4.69, 9.17) is 19.3 Å². The van der Waals surface area contributed by atoms with Gasteiger partial charge >= 0.3 is 5.97 Å². The van der Waals surface area contributed by atoms with Gasteiger partial charge in [-0.25, -0.2) is 0 Å². The quantitative estimate of drug-likeness (QED) is 0.776. The molecule has 0 aliphatic carbocycles. The maximum atomic E-state index is 10.8. The smallest absolute Gasteiger partial charge is 0.320 e. The minimum atomic E-state index is -0.816. The van der Waals surface area contributed by atoms with Gasteiger partial charge in [-0.3, -0.25) is 9.69 Å². The van der Waals surface area contributed by atoms with E-state index in [2.05, 4.69) is 0 Å². The summed E-state index contributed by atoms with van der Waals surface area (Å²) in [4.78, 5) is 12.6. The maximum absolute atomic E-state index is 10.8. The molecule has 0 spiro atoms. The number of hydrogen-bond donors (Lipinski definition) is 1. The Morgan fingerprint density at radius 2 is 2.14 bits per heavy atom. The molecule has 1 unspecified atom stereocenters. The lowest BCUT2D eigenvalue weighted by molar-refractivity contribution is -0.142. The lowest BCUT2D eigenvalue weighted by Gasteiger charge is -2.20. The van der Waals surface area contributed by atoms with Crippen LogP contribution in [0.4, 0.5) is 0 Å². The van der Waals surface area contributed by atoms with Crippen molar-refractivity contribution in [2.75, 3.05) is 27.0 Å². The molecule has 1 aliphatic rings. The van der Waals surface area contributed by atoms with Crippen molar-refractivity contribution in [1.29, 1.82) is 0 Å². The molecule has 1 atom stereocenters. The fourth-order valence-electron chi connectivity index (χ4n) is 1.85. The standard InChI is InChI=1S/C14H19NO5.ClH/c1-10(14(16)17)15(2)6-3-7-18-11-4-5-12-13(8-11)20-9-19-12;/h4-5,8,10H,3,6-7,9H2,1-2H3,(H,16,17);1H. The molecule has 6 nitrogen and oxygen atoms in total. The van der Waals surface area contributed by atoms with Gasteiger partial charge in [0.2, 0.25) is 6.79 Å². The molecule has 1 aliphatic heterocycles. The van der Waals surface area contributed by atoms with Crippen molar-refractivity contribution in [3.8, 4) is 17.2 Å². The molecule has 1 heterocycles. The van der Waals surface area contributed by atoms with Crippen LogP contribution in [0.3, 0.4) is 0 Å². The summed E-state index contributed by atoms with van der Waals surface area (Å²) in [6.07, 6.45) is 0.753. The van der Waals surface area contributed by atoms with Crippen molar-refractivity contribution >= 4 is 18.4 Å². The molecule has 2 rings (SSSR count). The van der Waals surface area contributed by atoms with Crippen LogP contribution in [-0.4, -0.2) is 49.0 Å². The Labute approximate surface area is 130 Å². The molecule has 118 valence electrons. The Morgan fingerprint density at radius 1 is 1.43 bits per heavy atom. The van der Waals surface area contributed by atoms with E-state index in [9.17, 15) is 4.79 Å². The zero-order valence-electron chi connectivity index (χ0n) is 12.1. The lowest BCUT2D eigenvalue weighted by atomic mass is 10.3. The van der Waals surface area contributed by atoms with Crippen molar-refractivity contribution in [2.24, 2.45) is 0 Å². The molecule has 0 saturated heterocycles. The van der Waals surface area contributed by atoms with Crippen LogP contribution in [0, 0.1) is 0 Å². The predicted molar refractivity (Wildman–Crippen MR) is 79.7 cm³/mol. The van der Waals surface area contributed by atoms with E-state index in [0.29, 0.717) is 18.9 Å². The first kappa shape index (κ1) is 17.4. The SMILES string of the molecule is CC(C(=O)O)N(C)CCCOc1ccc2c(c1)OCO2.Cl. The second kappa shape index (κ2) is 7.95. The monoisotopic (exact) mass is 317 g/mol. The number of carboxylic acids is 1. The third kappa shape index (κ3) is 4.68. The molecule has 1 aromatic rings. The summed E-state index contributed by atoms with van der Waals surface area (Å²) in [7, 11) is 1.79. The van der Waals surface area contributed by atoms with Gasteiger partial charge in [-0.2, -0.15) is 0 Å². The summed E-state index contributed by atoms with van der Waals surface area (Å²) in [6, 6.07) is 4.96. The van der Waals surface area contributed by atoms with E-state index in [1.807, 2.05) is 12.1 Å². The number of rotatable bonds is 7. The predicted octanol–water partition coefficient (Wildman–Crippen LogP) is 2.01. The van der Waals surface area contributed by atoms with E-state index in [0.717, 1.165) is 17.9 Å². The number of ether oxygens (including phenoxy) is 3. The van der Waals surface area contributed by atoms with Crippen LogP contribution in [0.15, 0.2) is 18.2 Å².